The van der Waals surface area contributed by atoms with Crippen LogP contribution in [0, 0.1) is 6.92 Å². The zero-order valence-corrected chi connectivity index (χ0v) is 11.8. The standard InChI is InChI=1S/C8H10O2.C8H8O2/c1-9-7-5-3-4-6-8(7)10-2;1-6-2-4-7(5-3-6)8(9)10/h3-6H,1-2H3;2-5H,1H3,(H,9,10). The number of carbonyl (C=O) groups is 1. The summed E-state index contributed by atoms with van der Waals surface area (Å²) in [6, 6.07) is 14.3. The van der Waals surface area contributed by atoms with Gasteiger partial charge in [-0.2, -0.15) is 0 Å². The van der Waals surface area contributed by atoms with Gasteiger partial charge in [0.2, 0.25) is 0 Å². The predicted molar refractivity (Wildman–Crippen MR) is 77.7 cm³/mol. The Morgan fingerprint density at radius 3 is 1.70 bits per heavy atom. The van der Waals surface area contributed by atoms with Crippen molar-refractivity contribution >= 4 is 5.97 Å². The van der Waals surface area contributed by atoms with Crippen molar-refractivity contribution < 1.29 is 19.4 Å². The van der Waals surface area contributed by atoms with Crippen molar-refractivity contribution in [1.29, 1.82) is 0 Å². The Bertz CT molecular complexity index is 524. The number of hydrogen-bond acceptors (Lipinski definition) is 3. The Morgan fingerprint density at radius 1 is 0.900 bits per heavy atom. The van der Waals surface area contributed by atoms with Crippen LogP contribution >= 0.6 is 0 Å². The normalized spacial score (nSPS) is 9.15. The number of para-hydroxylation sites is 2. The first-order valence-corrected chi connectivity index (χ1v) is 6.05. The van der Waals surface area contributed by atoms with Crippen molar-refractivity contribution in [3.63, 3.8) is 0 Å². The Labute approximate surface area is 118 Å². The Hall–Kier alpha value is -2.49. The molecule has 0 saturated heterocycles. The minimum atomic E-state index is -0.875. The lowest BCUT2D eigenvalue weighted by Gasteiger charge is -2.04. The van der Waals surface area contributed by atoms with E-state index < -0.39 is 5.97 Å². The molecule has 0 atom stereocenters. The maximum absolute atomic E-state index is 10.3. The molecule has 0 unspecified atom stereocenters. The summed E-state index contributed by atoms with van der Waals surface area (Å²) in [5.74, 6) is 0.662. The van der Waals surface area contributed by atoms with E-state index in [1.807, 2.05) is 31.2 Å². The number of rotatable bonds is 3. The smallest absolute Gasteiger partial charge is 0.335 e. The van der Waals surface area contributed by atoms with Crippen LogP contribution in [0.3, 0.4) is 0 Å². The zero-order chi connectivity index (χ0) is 15.0. The number of aryl methyl sites for hydroxylation is 1. The molecule has 0 fully saturated rings. The first-order chi connectivity index (χ1) is 9.58. The third kappa shape index (κ3) is 4.65. The summed E-state index contributed by atoms with van der Waals surface area (Å²) >= 11 is 0. The number of carboxylic acids is 1. The van der Waals surface area contributed by atoms with Crippen molar-refractivity contribution in [2.45, 2.75) is 6.92 Å². The Morgan fingerprint density at radius 2 is 1.35 bits per heavy atom. The summed E-state index contributed by atoms with van der Waals surface area (Å²) in [5, 5.41) is 8.48. The van der Waals surface area contributed by atoms with E-state index in [2.05, 4.69) is 0 Å². The zero-order valence-electron chi connectivity index (χ0n) is 11.8. The van der Waals surface area contributed by atoms with Gasteiger partial charge in [-0.15, -0.1) is 0 Å². The van der Waals surface area contributed by atoms with E-state index in [4.69, 9.17) is 14.6 Å². The number of ether oxygens (including phenoxy) is 2. The molecule has 0 heterocycles. The second-order valence-electron chi connectivity index (χ2n) is 4.03. The minimum absolute atomic E-state index is 0.339. The van der Waals surface area contributed by atoms with Gasteiger partial charge in [0.1, 0.15) is 0 Å². The van der Waals surface area contributed by atoms with Gasteiger partial charge in [0, 0.05) is 0 Å². The van der Waals surface area contributed by atoms with Crippen molar-refractivity contribution in [2.75, 3.05) is 14.2 Å². The summed E-state index contributed by atoms with van der Waals surface area (Å²) in [5.41, 5.74) is 1.41. The number of hydrogen-bond donors (Lipinski definition) is 1. The number of methoxy groups -OCH3 is 2. The highest BCUT2D eigenvalue weighted by molar-refractivity contribution is 5.87. The van der Waals surface area contributed by atoms with Crippen molar-refractivity contribution in [1.82, 2.24) is 0 Å². The predicted octanol–water partition coefficient (Wildman–Crippen LogP) is 3.40. The molecule has 0 bridgehead atoms. The van der Waals surface area contributed by atoms with Gasteiger partial charge in [-0.1, -0.05) is 29.8 Å². The number of aromatic carboxylic acids is 1. The molecule has 1 N–H and O–H groups in total. The average molecular weight is 274 g/mol. The lowest BCUT2D eigenvalue weighted by atomic mass is 10.2. The minimum Gasteiger partial charge on any atom is -0.493 e. The van der Waals surface area contributed by atoms with E-state index >= 15 is 0 Å². The van der Waals surface area contributed by atoms with Gasteiger partial charge in [-0.25, -0.2) is 4.79 Å². The Kier molecular flexibility index (Phi) is 6.10. The van der Waals surface area contributed by atoms with E-state index in [0.29, 0.717) is 5.56 Å². The fourth-order valence-corrected chi connectivity index (χ4v) is 1.48. The molecule has 0 saturated carbocycles. The fourth-order valence-electron chi connectivity index (χ4n) is 1.48. The lowest BCUT2D eigenvalue weighted by Crippen LogP contribution is -1.94. The summed E-state index contributed by atoms with van der Waals surface area (Å²) in [6.07, 6.45) is 0. The van der Waals surface area contributed by atoms with Crippen molar-refractivity contribution in [3.8, 4) is 11.5 Å². The Balaban J connectivity index is 0.000000200. The van der Waals surface area contributed by atoms with Gasteiger partial charge in [0.05, 0.1) is 19.8 Å². The molecule has 4 heteroatoms. The molecule has 0 aliphatic rings. The molecule has 0 amide bonds. The molecule has 20 heavy (non-hydrogen) atoms. The van der Waals surface area contributed by atoms with E-state index in [1.165, 1.54) is 0 Å². The van der Waals surface area contributed by atoms with Crippen LogP contribution in [-0.2, 0) is 0 Å². The third-order valence-corrected chi connectivity index (χ3v) is 2.59. The van der Waals surface area contributed by atoms with Gasteiger partial charge in [-0.05, 0) is 31.2 Å². The van der Waals surface area contributed by atoms with Crippen LogP contribution in [0.4, 0.5) is 0 Å². The van der Waals surface area contributed by atoms with Crippen LogP contribution in [0.25, 0.3) is 0 Å². The first kappa shape index (κ1) is 15.6. The molecular formula is C16H18O4. The first-order valence-electron chi connectivity index (χ1n) is 6.05. The molecular weight excluding hydrogens is 256 g/mol. The molecule has 106 valence electrons. The van der Waals surface area contributed by atoms with Crippen molar-refractivity contribution in [3.05, 3.63) is 59.7 Å². The quantitative estimate of drug-likeness (QED) is 0.932. The summed E-state index contributed by atoms with van der Waals surface area (Å²) in [7, 11) is 3.25. The molecule has 4 nitrogen and oxygen atoms in total. The van der Waals surface area contributed by atoms with Gasteiger partial charge >= 0.3 is 5.97 Å². The maximum Gasteiger partial charge on any atom is 0.335 e. The van der Waals surface area contributed by atoms with Crippen LogP contribution in [0.15, 0.2) is 48.5 Å². The third-order valence-electron chi connectivity index (χ3n) is 2.59. The lowest BCUT2D eigenvalue weighted by molar-refractivity contribution is 0.0697. The van der Waals surface area contributed by atoms with Crippen LogP contribution in [0.5, 0.6) is 11.5 Å². The highest BCUT2D eigenvalue weighted by Crippen LogP contribution is 2.24. The summed E-state index contributed by atoms with van der Waals surface area (Å²) in [4.78, 5) is 10.3. The van der Waals surface area contributed by atoms with E-state index in [1.54, 1.807) is 38.5 Å². The molecule has 0 aliphatic heterocycles. The number of benzene rings is 2. The van der Waals surface area contributed by atoms with E-state index in [0.717, 1.165) is 17.1 Å². The topological polar surface area (TPSA) is 55.8 Å². The molecule has 2 rings (SSSR count). The second-order valence-corrected chi connectivity index (χ2v) is 4.03. The number of carboxylic acid groups (broad SMARTS) is 1. The van der Waals surface area contributed by atoms with Gasteiger partial charge in [0.25, 0.3) is 0 Å². The largest absolute Gasteiger partial charge is 0.493 e. The van der Waals surface area contributed by atoms with Crippen LogP contribution in [0.2, 0.25) is 0 Å². The van der Waals surface area contributed by atoms with Crippen molar-refractivity contribution in [2.24, 2.45) is 0 Å². The summed E-state index contributed by atoms with van der Waals surface area (Å²) in [6.45, 7) is 1.92. The average Bonchev–Trinajstić information content (AvgIpc) is 2.48. The monoisotopic (exact) mass is 274 g/mol. The van der Waals surface area contributed by atoms with E-state index in [9.17, 15) is 4.79 Å². The molecule has 0 aromatic heterocycles. The molecule has 0 spiro atoms. The van der Waals surface area contributed by atoms with Crippen LogP contribution in [-0.4, -0.2) is 25.3 Å². The van der Waals surface area contributed by atoms with Gasteiger partial charge < -0.3 is 14.6 Å². The van der Waals surface area contributed by atoms with Crippen LogP contribution < -0.4 is 9.47 Å². The van der Waals surface area contributed by atoms with E-state index in [-0.39, 0.29) is 0 Å². The molecule has 2 aromatic rings. The SMILES string of the molecule is COc1ccccc1OC.Cc1ccc(C(=O)O)cc1. The molecule has 2 aromatic carbocycles. The van der Waals surface area contributed by atoms with Crippen LogP contribution in [0.1, 0.15) is 15.9 Å². The molecule has 0 aliphatic carbocycles. The summed E-state index contributed by atoms with van der Waals surface area (Å²) < 4.78 is 10.0. The molecule has 0 radical (unpaired) electrons. The van der Waals surface area contributed by atoms with Gasteiger partial charge in [0.15, 0.2) is 11.5 Å². The highest BCUT2D eigenvalue weighted by Gasteiger charge is 1.98. The highest BCUT2D eigenvalue weighted by atomic mass is 16.5. The maximum atomic E-state index is 10.3. The van der Waals surface area contributed by atoms with Gasteiger partial charge in [-0.3, -0.25) is 0 Å². The second kappa shape index (κ2) is 7.84. The fraction of sp³-hybridized carbons (Fsp3) is 0.188.